The minimum absolute atomic E-state index is 0.415. The first-order valence-electron chi connectivity index (χ1n) is 7.05. The van der Waals surface area contributed by atoms with Gasteiger partial charge in [-0.3, -0.25) is 0 Å². The van der Waals surface area contributed by atoms with E-state index in [2.05, 4.69) is 26.2 Å². The molecule has 2 unspecified atom stereocenters. The molecule has 1 saturated carbocycles. The Hall–Kier alpha value is -0.240. The van der Waals surface area contributed by atoms with Crippen molar-refractivity contribution in [2.24, 2.45) is 11.3 Å². The summed E-state index contributed by atoms with van der Waals surface area (Å²) < 4.78 is 0. The Labute approximate surface area is 126 Å². The zero-order valence-electron chi connectivity index (χ0n) is 12.0. The predicted octanol–water partition coefficient (Wildman–Crippen LogP) is 4.95. The van der Waals surface area contributed by atoms with E-state index in [1.807, 2.05) is 18.2 Å². The lowest BCUT2D eigenvalue weighted by Crippen LogP contribution is -2.40. The topological polar surface area (TPSA) is 12.0 Å². The van der Waals surface area contributed by atoms with Gasteiger partial charge in [-0.15, -0.1) is 0 Å². The Morgan fingerprint density at radius 2 is 2.11 bits per heavy atom. The van der Waals surface area contributed by atoms with Gasteiger partial charge in [0.05, 0.1) is 0 Å². The Morgan fingerprint density at radius 3 is 2.68 bits per heavy atom. The molecule has 19 heavy (non-hydrogen) atoms. The van der Waals surface area contributed by atoms with Gasteiger partial charge in [0, 0.05) is 16.1 Å². The molecule has 1 aromatic carbocycles. The summed E-state index contributed by atoms with van der Waals surface area (Å²) in [5.41, 5.74) is 1.56. The molecule has 0 bridgehead atoms. The van der Waals surface area contributed by atoms with Crippen LogP contribution in [0.25, 0.3) is 0 Å². The third kappa shape index (κ3) is 3.45. The van der Waals surface area contributed by atoms with Crippen LogP contribution in [0.5, 0.6) is 0 Å². The summed E-state index contributed by atoms with van der Waals surface area (Å²) in [7, 11) is 2.05. The highest BCUT2D eigenvalue weighted by atomic mass is 35.5. The van der Waals surface area contributed by atoms with E-state index in [4.69, 9.17) is 23.2 Å². The number of hydrogen-bond donors (Lipinski definition) is 1. The highest BCUT2D eigenvalue weighted by molar-refractivity contribution is 6.33. The van der Waals surface area contributed by atoms with Crippen LogP contribution in [-0.4, -0.2) is 13.1 Å². The standard InChI is InChI=1S/C16H23Cl2N/c1-16(2)8-4-5-13(16)15(19-3)10-11-9-12(17)6-7-14(11)18/h6-7,9,13,15,19H,4-5,8,10H2,1-3H3. The van der Waals surface area contributed by atoms with Crippen molar-refractivity contribution in [3.63, 3.8) is 0 Å². The number of likely N-dealkylation sites (N-methyl/N-ethyl adjacent to an activating group) is 1. The van der Waals surface area contributed by atoms with Gasteiger partial charge in [0.15, 0.2) is 0 Å². The zero-order chi connectivity index (χ0) is 14.0. The molecule has 0 aliphatic heterocycles. The van der Waals surface area contributed by atoms with Crippen molar-refractivity contribution < 1.29 is 0 Å². The lowest BCUT2D eigenvalue weighted by atomic mass is 9.76. The average Bonchev–Trinajstić information content (AvgIpc) is 2.70. The smallest absolute Gasteiger partial charge is 0.0439 e. The maximum atomic E-state index is 6.29. The monoisotopic (exact) mass is 299 g/mol. The summed E-state index contributed by atoms with van der Waals surface area (Å²) in [5, 5.41) is 5.08. The van der Waals surface area contributed by atoms with Crippen molar-refractivity contribution in [1.29, 1.82) is 0 Å². The third-order valence-electron chi connectivity index (χ3n) is 4.64. The second kappa shape index (κ2) is 6.03. The van der Waals surface area contributed by atoms with E-state index in [1.54, 1.807) is 0 Å². The molecule has 1 fully saturated rings. The minimum atomic E-state index is 0.415. The highest BCUT2D eigenvalue weighted by Gasteiger charge is 2.38. The largest absolute Gasteiger partial charge is 0.316 e. The van der Waals surface area contributed by atoms with Gasteiger partial charge in [0.25, 0.3) is 0 Å². The second-order valence-electron chi connectivity index (χ2n) is 6.32. The molecular formula is C16H23Cl2N. The van der Waals surface area contributed by atoms with Crippen LogP contribution in [-0.2, 0) is 6.42 Å². The number of hydrogen-bond acceptors (Lipinski definition) is 1. The third-order valence-corrected chi connectivity index (χ3v) is 5.25. The lowest BCUT2D eigenvalue weighted by molar-refractivity contribution is 0.201. The molecule has 0 heterocycles. The first kappa shape index (κ1) is 15.2. The van der Waals surface area contributed by atoms with E-state index in [9.17, 15) is 0 Å². The van der Waals surface area contributed by atoms with Gasteiger partial charge in [0.1, 0.15) is 0 Å². The number of benzene rings is 1. The molecule has 2 atom stereocenters. The number of rotatable bonds is 4. The van der Waals surface area contributed by atoms with E-state index in [-0.39, 0.29) is 0 Å². The molecule has 2 rings (SSSR count). The molecule has 1 aliphatic rings. The Balaban J connectivity index is 2.17. The van der Waals surface area contributed by atoms with Crippen LogP contribution in [0.15, 0.2) is 18.2 Å². The second-order valence-corrected chi connectivity index (χ2v) is 7.17. The van der Waals surface area contributed by atoms with E-state index in [0.717, 1.165) is 22.0 Å². The fourth-order valence-electron chi connectivity index (χ4n) is 3.48. The SMILES string of the molecule is CNC(Cc1cc(Cl)ccc1Cl)C1CCCC1(C)C. The van der Waals surface area contributed by atoms with Crippen LogP contribution in [0.3, 0.4) is 0 Å². The van der Waals surface area contributed by atoms with E-state index < -0.39 is 0 Å². The summed E-state index contributed by atoms with van der Waals surface area (Å²) in [6.45, 7) is 4.77. The van der Waals surface area contributed by atoms with Gasteiger partial charge in [-0.2, -0.15) is 0 Å². The van der Waals surface area contributed by atoms with Gasteiger partial charge < -0.3 is 5.32 Å². The minimum Gasteiger partial charge on any atom is -0.316 e. The fourth-order valence-corrected chi connectivity index (χ4v) is 3.87. The zero-order valence-corrected chi connectivity index (χ0v) is 13.5. The van der Waals surface area contributed by atoms with Crippen molar-refractivity contribution in [3.05, 3.63) is 33.8 Å². The van der Waals surface area contributed by atoms with Gasteiger partial charge in [-0.05, 0) is 61.4 Å². The van der Waals surface area contributed by atoms with Crippen molar-refractivity contribution >= 4 is 23.2 Å². The summed E-state index contributed by atoms with van der Waals surface area (Å²) >= 11 is 12.4. The summed E-state index contributed by atoms with van der Waals surface area (Å²) in [5.74, 6) is 0.701. The molecule has 0 spiro atoms. The lowest BCUT2D eigenvalue weighted by Gasteiger charge is -2.34. The molecule has 3 heteroatoms. The molecule has 1 nitrogen and oxygen atoms in total. The molecular weight excluding hydrogens is 277 g/mol. The van der Waals surface area contributed by atoms with Crippen molar-refractivity contribution in [2.45, 2.75) is 45.6 Å². The van der Waals surface area contributed by atoms with Crippen molar-refractivity contribution in [1.82, 2.24) is 5.32 Å². The van der Waals surface area contributed by atoms with E-state index >= 15 is 0 Å². The Kier molecular flexibility index (Phi) is 4.81. The van der Waals surface area contributed by atoms with E-state index in [0.29, 0.717) is 17.4 Å². The van der Waals surface area contributed by atoms with Crippen LogP contribution in [0.1, 0.15) is 38.7 Å². The Bertz CT molecular complexity index is 442. The van der Waals surface area contributed by atoms with Crippen LogP contribution in [0.4, 0.5) is 0 Å². The molecule has 1 aromatic rings. The molecule has 1 aliphatic carbocycles. The van der Waals surface area contributed by atoms with Crippen LogP contribution in [0, 0.1) is 11.3 Å². The van der Waals surface area contributed by atoms with Crippen LogP contribution < -0.4 is 5.32 Å². The van der Waals surface area contributed by atoms with Gasteiger partial charge in [-0.1, -0.05) is 43.5 Å². The Morgan fingerprint density at radius 1 is 1.37 bits per heavy atom. The average molecular weight is 300 g/mol. The predicted molar refractivity (Wildman–Crippen MR) is 84.1 cm³/mol. The normalized spacial score (nSPS) is 23.5. The number of halogens is 2. The van der Waals surface area contributed by atoms with Crippen molar-refractivity contribution in [2.75, 3.05) is 7.05 Å². The summed E-state index contributed by atoms with van der Waals surface area (Å²) in [6, 6.07) is 6.21. The summed E-state index contributed by atoms with van der Waals surface area (Å²) in [4.78, 5) is 0. The van der Waals surface area contributed by atoms with Gasteiger partial charge in [0.2, 0.25) is 0 Å². The fraction of sp³-hybridized carbons (Fsp3) is 0.625. The molecule has 106 valence electrons. The van der Waals surface area contributed by atoms with Crippen molar-refractivity contribution in [3.8, 4) is 0 Å². The maximum Gasteiger partial charge on any atom is 0.0439 e. The molecule has 0 amide bonds. The molecule has 0 radical (unpaired) electrons. The van der Waals surface area contributed by atoms with Gasteiger partial charge in [-0.25, -0.2) is 0 Å². The summed E-state index contributed by atoms with van der Waals surface area (Å²) in [6.07, 6.45) is 4.90. The molecule has 1 N–H and O–H groups in total. The first-order chi connectivity index (χ1) is 8.94. The maximum absolute atomic E-state index is 6.29. The van der Waals surface area contributed by atoms with Gasteiger partial charge >= 0.3 is 0 Å². The number of nitrogens with one attached hydrogen (secondary N) is 1. The molecule has 0 aromatic heterocycles. The quantitative estimate of drug-likeness (QED) is 0.829. The van der Waals surface area contributed by atoms with Crippen LogP contribution in [0.2, 0.25) is 10.0 Å². The molecule has 0 saturated heterocycles. The first-order valence-corrected chi connectivity index (χ1v) is 7.81. The highest BCUT2D eigenvalue weighted by Crippen LogP contribution is 2.45. The van der Waals surface area contributed by atoms with E-state index in [1.165, 1.54) is 19.3 Å². The van der Waals surface area contributed by atoms with Crippen LogP contribution >= 0.6 is 23.2 Å².